The van der Waals surface area contributed by atoms with Gasteiger partial charge in [-0.25, -0.2) is 9.97 Å². The highest BCUT2D eigenvalue weighted by Gasteiger charge is 2.18. The molecule has 0 amide bonds. The fraction of sp³-hybridized carbons (Fsp3) is 0.100. The molecule has 130 valence electrons. The quantitative estimate of drug-likeness (QED) is 0.365. The Morgan fingerprint density at radius 2 is 1.85 bits per heavy atom. The van der Waals surface area contributed by atoms with Crippen molar-refractivity contribution in [2.75, 3.05) is 5.32 Å². The van der Waals surface area contributed by atoms with Crippen molar-refractivity contribution in [3.05, 3.63) is 69.2 Å². The SMILES string of the molecule is CCc1sc2ncnc(Nc3ccccc3Cl)c2c1-c1ccc(Br)cc1. The molecule has 2 aromatic carbocycles. The number of para-hydroxylation sites is 1. The Morgan fingerprint density at radius 3 is 2.58 bits per heavy atom. The van der Waals surface area contributed by atoms with Crippen molar-refractivity contribution in [3.63, 3.8) is 0 Å². The second kappa shape index (κ2) is 7.35. The molecule has 0 saturated heterocycles. The summed E-state index contributed by atoms with van der Waals surface area (Å²) in [6.45, 7) is 2.17. The van der Waals surface area contributed by atoms with Crippen LogP contribution >= 0.6 is 38.9 Å². The molecule has 0 aliphatic rings. The molecular weight excluding hydrogens is 430 g/mol. The standard InChI is InChI=1S/C20H15BrClN3S/c1-2-16-17(12-7-9-13(21)10-8-12)18-19(23-11-24-20(18)26-16)25-15-6-4-3-5-14(15)22/h3-11H,2H2,1H3,(H,23,24,25). The van der Waals surface area contributed by atoms with Crippen LogP contribution < -0.4 is 5.32 Å². The van der Waals surface area contributed by atoms with Gasteiger partial charge in [0, 0.05) is 14.9 Å². The minimum atomic E-state index is 0.662. The number of aryl methyl sites for hydroxylation is 1. The van der Waals surface area contributed by atoms with Gasteiger partial charge in [0.2, 0.25) is 0 Å². The topological polar surface area (TPSA) is 37.8 Å². The maximum Gasteiger partial charge on any atom is 0.143 e. The monoisotopic (exact) mass is 443 g/mol. The number of hydrogen-bond acceptors (Lipinski definition) is 4. The van der Waals surface area contributed by atoms with Crippen molar-refractivity contribution < 1.29 is 0 Å². The number of nitrogens with one attached hydrogen (secondary N) is 1. The lowest BCUT2D eigenvalue weighted by Gasteiger charge is -2.10. The molecule has 4 rings (SSSR count). The van der Waals surface area contributed by atoms with E-state index >= 15 is 0 Å². The first-order valence-electron chi connectivity index (χ1n) is 8.21. The van der Waals surface area contributed by atoms with Crippen LogP contribution in [0.1, 0.15) is 11.8 Å². The number of anilines is 2. The molecule has 26 heavy (non-hydrogen) atoms. The highest BCUT2D eigenvalue weighted by Crippen LogP contribution is 2.42. The first-order valence-corrected chi connectivity index (χ1v) is 10.2. The van der Waals surface area contributed by atoms with Crippen LogP contribution in [0.3, 0.4) is 0 Å². The van der Waals surface area contributed by atoms with Crippen LogP contribution in [0.4, 0.5) is 11.5 Å². The number of rotatable bonds is 4. The molecule has 0 aliphatic heterocycles. The number of halogens is 2. The molecule has 4 aromatic rings. The maximum atomic E-state index is 6.32. The highest BCUT2D eigenvalue weighted by molar-refractivity contribution is 9.10. The van der Waals surface area contributed by atoms with Gasteiger partial charge in [0.05, 0.1) is 16.1 Å². The van der Waals surface area contributed by atoms with Crippen LogP contribution in [0.25, 0.3) is 21.3 Å². The molecule has 3 nitrogen and oxygen atoms in total. The van der Waals surface area contributed by atoms with E-state index in [-0.39, 0.29) is 0 Å². The molecule has 0 unspecified atom stereocenters. The van der Waals surface area contributed by atoms with E-state index in [1.807, 2.05) is 24.3 Å². The van der Waals surface area contributed by atoms with Gasteiger partial charge in [-0.1, -0.05) is 58.7 Å². The summed E-state index contributed by atoms with van der Waals surface area (Å²) in [5.74, 6) is 0.775. The summed E-state index contributed by atoms with van der Waals surface area (Å²) in [7, 11) is 0. The number of fused-ring (bicyclic) bond motifs is 1. The summed E-state index contributed by atoms with van der Waals surface area (Å²) < 4.78 is 1.06. The van der Waals surface area contributed by atoms with Crippen LogP contribution in [-0.4, -0.2) is 9.97 Å². The third kappa shape index (κ3) is 3.22. The van der Waals surface area contributed by atoms with E-state index < -0.39 is 0 Å². The highest BCUT2D eigenvalue weighted by atomic mass is 79.9. The molecule has 0 radical (unpaired) electrons. The molecule has 2 heterocycles. The third-order valence-corrected chi connectivity index (χ3v) is 6.24. The van der Waals surface area contributed by atoms with E-state index in [9.17, 15) is 0 Å². The second-order valence-corrected chi connectivity index (χ2v) is 8.17. The van der Waals surface area contributed by atoms with E-state index in [1.54, 1.807) is 17.7 Å². The summed E-state index contributed by atoms with van der Waals surface area (Å²) >= 11 is 11.6. The Labute approximate surface area is 169 Å². The predicted octanol–water partition coefficient (Wildman–Crippen LogP) is 7.08. The van der Waals surface area contributed by atoms with Crippen LogP contribution in [0, 0.1) is 0 Å². The fourth-order valence-electron chi connectivity index (χ4n) is 2.94. The molecule has 6 heteroatoms. The van der Waals surface area contributed by atoms with Gasteiger partial charge in [-0.15, -0.1) is 11.3 Å². The minimum absolute atomic E-state index is 0.662. The summed E-state index contributed by atoms with van der Waals surface area (Å²) in [5.41, 5.74) is 3.18. The lowest BCUT2D eigenvalue weighted by atomic mass is 10.0. The van der Waals surface area contributed by atoms with Gasteiger partial charge in [-0.05, 0) is 36.2 Å². The number of benzene rings is 2. The van der Waals surface area contributed by atoms with E-state index in [0.717, 1.165) is 38.2 Å². The van der Waals surface area contributed by atoms with Crippen molar-refractivity contribution in [3.8, 4) is 11.1 Å². The summed E-state index contributed by atoms with van der Waals surface area (Å²) in [6, 6.07) is 16.0. The second-order valence-electron chi connectivity index (χ2n) is 5.77. The van der Waals surface area contributed by atoms with Crippen LogP contribution in [0.5, 0.6) is 0 Å². The lowest BCUT2D eigenvalue weighted by Crippen LogP contribution is -1.96. The minimum Gasteiger partial charge on any atom is -0.338 e. The van der Waals surface area contributed by atoms with Gasteiger partial charge in [0.15, 0.2) is 0 Å². The van der Waals surface area contributed by atoms with Crippen molar-refractivity contribution in [1.82, 2.24) is 9.97 Å². The van der Waals surface area contributed by atoms with Crippen molar-refractivity contribution in [2.45, 2.75) is 13.3 Å². The lowest BCUT2D eigenvalue weighted by molar-refractivity contribution is 1.19. The molecule has 0 aliphatic carbocycles. The van der Waals surface area contributed by atoms with Gasteiger partial charge >= 0.3 is 0 Å². The molecule has 2 aromatic heterocycles. The average molecular weight is 445 g/mol. The van der Waals surface area contributed by atoms with Gasteiger partial charge in [-0.2, -0.15) is 0 Å². The van der Waals surface area contributed by atoms with Crippen molar-refractivity contribution in [2.24, 2.45) is 0 Å². The number of nitrogens with zero attached hydrogens (tertiary/aromatic N) is 2. The Bertz CT molecular complexity index is 1080. The number of aromatic nitrogens is 2. The zero-order chi connectivity index (χ0) is 18.1. The normalized spacial score (nSPS) is 11.0. The first-order chi connectivity index (χ1) is 12.7. The number of hydrogen-bond donors (Lipinski definition) is 1. The van der Waals surface area contributed by atoms with E-state index in [4.69, 9.17) is 11.6 Å². The molecular formula is C20H15BrClN3S. The molecule has 0 atom stereocenters. The van der Waals surface area contributed by atoms with Gasteiger partial charge < -0.3 is 5.32 Å². The number of thiophene rings is 1. The molecule has 0 spiro atoms. The maximum absolute atomic E-state index is 6.32. The summed E-state index contributed by atoms with van der Waals surface area (Å²) in [5, 5.41) is 5.09. The first kappa shape index (κ1) is 17.5. The van der Waals surface area contributed by atoms with Gasteiger partial charge in [0.25, 0.3) is 0 Å². The van der Waals surface area contributed by atoms with Gasteiger partial charge in [0.1, 0.15) is 17.0 Å². The van der Waals surface area contributed by atoms with Crippen LogP contribution in [0.15, 0.2) is 59.3 Å². The van der Waals surface area contributed by atoms with Gasteiger partial charge in [-0.3, -0.25) is 0 Å². The van der Waals surface area contributed by atoms with E-state index in [0.29, 0.717) is 5.02 Å². The summed E-state index contributed by atoms with van der Waals surface area (Å²) in [6.07, 6.45) is 2.54. The Hall–Kier alpha value is -1.95. The molecule has 1 N–H and O–H groups in total. The van der Waals surface area contributed by atoms with Crippen molar-refractivity contribution >= 4 is 60.6 Å². The zero-order valence-electron chi connectivity index (χ0n) is 14.0. The smallest absolute Gasteiger partial charge is 0.143 e. The summed E-state index contributed by atoms with van der Waals surface area (Å²) in [4.78, 5) is 11.3. The molecule has 0 saturated carbocycles. The van der Waals surface area contributed by atoms with E-state index in [1.165, 1.54) is 10.4 Å². The Kier molecular flexibility index (Phi) is 4.94. The third-order valence-electron chi connectivity index (χ3n) is 4.14. The zero-order valence-corrected chi connectivity index (χ0v) is 17.1. The molecule has 0 fully saturated rings. The molecule has 0 bridgehead atoms. The Morgan fingerprint density at radius 1 is 1.08 bits per heavy atom. The van der Waals surface area contributed by atoms with Crippen molar-refractivity contribution in [1.29, 1.82) is 0 Å². The van der Waals surface area contributed by atoms with Crippen LogP contribution in [0.2, 0.25) is 5.02 Å². The predicted molar refractivity (Wildman–Crippen MR) is 115 cm³/mol. The Balaban J connectivity index is 1.93. The van der Waals surface area contributed by atoms with E-state index in [2.05, 4.69) is 62.4 Å². The van der Waals surface area contributed by atoms with Crippen LogP contribution in [-0.2, 0) is 6.42 Å². The average Bonchev–Trinajstić information content (AvgIpc) is 3.04. The fourth-order valence-corrected chi connectivity index (χ4v) is 4.48. The largest absolute Gasteiger partial charge is 0.338 e.